The SMILES string of the molecule is Cc1ccc(Cc2nc(C(=O)N3CCCC[C@@H]3C(=O)O)cs2)cc1. The highest BCUT2D eigenvalue weighted by atomic mass is 32.1. The quantitative estimate of drug-likeness (QED) is 0.925. The molecule has 24 heavy (non-hydrogen) atoms. The molecule has 1 amide bonds. The highest BCUT2D eigenvalue weighted by Gasteiger charge is 2.33. The maximum Gasteiger partial charge on any atom is 0.326 e. The predicted molar refractivity (Wildman–Crippen MR) is 92.4 cm³/mol. The van der Waals surface area contributed by atoms with Crippen LogP contribution < -0.4 is 0 Å². The van der Waals surface area contributed by atoms with Crippen molar-refractivity contribution in [2.45, 2.75) is 38.6 Å². The zero-order chi connectivity index (χ0) is 17.1. The first-order valence-electron chi connectivity index (χ1n) is 8.08. The third kappa shape index (κ3) is 3.64. The number of aliphatic carboxylic acids is 1. The number of amides is 1. The molecular formula is C18H20N2O3S. The number of nitrogens with zero attached hydrogens (tertiary/aromatic N) is 2. The second-order valence-corrected chi connectivity index (χ2v) is 7.08. The molecule has 1 aliphatic heterocycles. The number of carboxylic acid groups (broad SMARTS) is 1. The van der Waals surface area contributed by atoms with Crippen LogP contribution in [0, 0.1) is 6.92 Å². The van der Waals surface area contributed by atoms with Gasteiger partial charge in [0.15, 0.2) is 0 Å². The fourth-order valence-corrected chi connectivity index (χ4v) is 3.75. The first-order valence-corrected chi connectivity index (χ1v) is 8.96. The van der Waals surface area contributed by atoms with Gasteiger partial charge in [0, 0.05) is 18.3 Å². The normalized spacial score (nSPS) is 17.7. The minimum atomic E-state index is -0.932. The fourth-order valence-electron chi connectivity index (χ4n) is 2.95. The molecule has 0 aliphatic carbocycles. The summed E-state index contributed by atoms with van der Waals surface area (Å²) >= 11 is 1.44. The van der Waals surface area contributed by atoms with Gasteiger partial charge in [0.25, 0.3) is 5.91 Å². The summed E-state index contributed by atoms with van der Waals surface area (Å²) in [4.78, 5) is 29.9. The number of carboxylic acids is 1. The van der Waals surface area contributed by atoms with E-state index < -0.39 is 12.0 Å². The van der Waals surface area contributed by atoms with Crippen molar-refractivity contribution < 1.29 is 14.7 Å². The molecule has 0 radical (unpaired) electrons. The van der Waals surface area contributed by atoms with E-state index in [1.165, 1.54) is 21.8 Å². The minimum Gasteiger partial charge on any atom is -0.480 e. The lowest BCUT2D eigenvalue weighted by Crippen LogP contribution is -2.48. The summed E-state index contributed by atoms with van der Waals surface area (Å²) in [7, 11) is 0. The topological polar surface area (TPSA) is 70.5 Å². The van der Waals surface area contributed by atoms with Crippen molar-refractivity contribution in [1.82, 2.24) is 9.88 Å². The molecule has 6 heteroatoms. The maximum atomic E-state index is 12.6. The molecule has 5 nitrogen and oxygen atoms in total. The van der Waals surface area contributed by atoms with Crippen LogP contribution in [0.25, 0.3) is 0 Å². The van der Waals surface area contributed by atoms with E-state index in [2.05, 4.69) is 29.2 Å². The fraction of sp³-hybridized carbons (Fsp3) is 0.389. The summed E-state index contributed by atoms with van der Waals surface area (Å²) in [6.07, 6.45) is 2.88. The van der Waals surface area contributed by atoms with E-state index in [-0.39, 0.29) is 5.91 Å². The Balaban J connectivity index is 1.73. The van der Waals surface area contributed by atoms with Gasteiger partial charge in [-0.2, -0.15) is 0 Å². The van der Waals surface area contributed by atoms with Gasteiger partial charge in [-0.25, -0.2) is 9.78 Å². The third-order valence-electron chi connectivity index (χ3n) is 4.30. The molecule has 1 aromatic carbocycles. The Kier molecular flexibility index (Phi) is 4.94. The van der Waals surface area contributed by atoms with Crippen LogP contribution in [0.15, 0.2) is 29.6 Å². The Bertz CT molecular complexity index is 739. The number of likely N-dealkylation sites (tertiary alicyclic amines) is 1. The van der Waals surface area contributed by atoms with Crippen LogP contribution in [0.2, 0.25) is 0 Å². The molecule has 1 saturated heterocycles. The molecule has 2 heterocycles. The van der Waals surface area contributed by atoms with Gasteiger partial charge >= 0.3 is 5.97 Å². The Labute approximate surface area is 145 Å². The number of aryl methyl sites for hydroxylation is 1. The van der Waals surface area contributed by atoms with Crippen molar-refractivity contribution in [3.05, 3.63) is 51.5 Å². The van der Waals surface area contributed by atoms with E-state index >= 15 is 0 Å². The van der Waals surface area contributed by atoms with E-state index in [1.807, 2.05) is 6.92 Å². The monoisotopic (exact) mass is 344 g/mol. The summed E-state index contributed by atoms with van der Waals surface area (Å²) < 4.78 is 0. The lowest BCUT2D eigenvalue weighted by atomic mass is 10.0. The van der Waals surface area contributed by atoms with Gasteiger partial charge in [-0.3, -0.25) is 4.79 Å². The number of hydrogen-bond donors (Lipinski definition) is 1. The van der Waals surface area contributed by atoms with Gasteiger partial charge < -0.3 is 10.0 Å². The lowest BCUT2D eigenvalue weighted by molar-refractivity contribution is -0.143. The molecule has 1 aliphatic rings. The number of hydrogen-bond acceptors (Lipinski definition) is 4. The van der Waals surface area contributed by atoms with Gasteiger partial charge in [0.1, 0.15) is 11.7 Å². The highest BCUT2D eigenvalue weighted by Crippen LogP contribution is 2.22. The van der Waals surface area contributed by atoms with Crippen molar-refractivity contribution in [2.24, 2.45) is 0 Å². The summed E-state index contributed by atoms with van der Waals surface area (Å²) in [5.74, 6) is -1.20. The first kappa shape index (κ1) is 16.6. The predicted octanol–water partition coefficient (Wildman–Crippen LogP) is 3.12. The van der Waals surface area contributed by atoms with Gasteiger partial charge in [-0.15, -0.1) is 11.3 Å². The van der Waals surface area contributed by atoms with Crippen LogP contribution in [-0.4, -0.2) is 39.5 Å². The minimum absolute atomic E-state index is 0.270. The van der Waals surface area contributed by atoms with Crippen LogP contribution >= 0.6 is 11.3 Å². The zero-order valence-electron chi connectivity index (χ0n) is 13.6. The van der Waals surface area contributed by atoms with E-state index in [0.29, 0.717) is 25.1 Å². The van der Waals surface area contributed by atoms with Crippen molar-refractivity contribution in [2.75, 3.05) is 6.54 Å². The van der Waals surface area contributed by atoms with E-state index in [4.69, 9.17) is 0 Å². The molecule has 2 aromatic rings. The maximum absolute atomic E-state index is 12.6. The number of aromatic nitrogens is 1. The number of piperidine rings is 1. The average molecular weight is 344 g/mol. The van der Waals surface area contributed by atoms with Crippen molar-refractivity contribution in [3.63, 3.8) is 0 Å². The Morgan fingerprint density at radius 2 is 2.04 bits per heavy atom. The Morgan fingerprint density at radius 1 is 1.29 bits per heavy atom. The smallest absolute Gasteiger partial charge is 0.326 e. The molecule has 1 aromatic heterocycles. The molecule has 3 rings (SSSR count). The number of carbonyl (C=O) groups excluding carboxylic acids is 1. The molecule has 0 bridgehead atoms. The van der Waals surface area contributed by atoms with Gasteiger partial charge in [-0.05, 0) is 31.7 Å². The average Bonchev–Trinajstić information content (AvgIpc) is 3.05. The van der Waals surface area contributed by atoms with Gasteiger partial charge in [0.2, 0.25) is 0 Å². The number of benzene rings is 1. The Morgan fingerprint density at radius 3 is 2.75 bits per heavy atom. The number of rotatable bonds is 4. The molecule has 0 spiro atoms. The number of thiazole rings is 1. The second kappa shape index (κ2) is 7.13. The first-order chi connectivity index (χ1) is 11.5. The summed E-state index contributed by atoms with van der Waals surface area (Å²) in [5, 5.41) is 11.9. The molecule has 0 saturated carbocycles. The van der Waals surface area contributed by atoms with Crippen LogP contribution in [0.4, 0.5) is 0 Å². The van der Waals surface area contributed by atoms with Crippen LogP contribution in [-0.2, 0) is 11.2 Å². The molecule has 0 unspecified atom stereocenters. The summed E-state index contributed by atoms with van der Waals surface area (Å²) in [6, 6.07) is 7.50. The number of carbonyl (C=O) groups is 2. The van der Waals surface area contributed by atoms with Gasteiger partial charge in [0.05, 0.1) is 5.01 Å². The standard InChI is InChI=1S/C18H20N2O3S/c1-12-5-7-13(8-6-12)10-16-19-14(11-24-16)17(21)20-9-3-2-4-15(20)18(22)23/h5-8,11,15H,2-4,9-10H2,1H3,(H,22,23)/t15-/m1/s1. The third-order valence-corrected chi connectivity index (χ3v) is 5.14. The Hall–Kier alpha value is -2.21. The van der Waals surface area contributed by atoms with Crippen LogP contribution in [0.1, 0.15) is 45.9 Å². The molecule has 126 valence electrons. The van der Waals surface area contributed by atoms with E-state index in [1.54, 1.807) is 5.38 Å². The van der Waals surface area contributed by atoms with E-state index in [0.717, 1.165) is 23.4 Å². The van der Waals surface area contributed by atoms with E-state index in [9.17, 15) is 14.7 Å². The lowest BCUT2D eigenvalue weighted by Gasteiger charge is -2.32. The van der Waals surface area contributed by atoms with Crippen LogP contribution in [0.5, 0.6) is 0 Å². The summed E-state index contributed by atoms with van der Waals surface area (Å²) in [5.41, 5.74) is 2.71. The van der Waals surface area contributed by atoms with Crippen LogP contribution in [0.3, 0.4) is 0 Å². The van der Waals surface area contributed by atoms with Gasteiger partial charge in [-0.1, -0.05) is 29.8 Å². The molecule has 1 N–H and O–H groups in total. The van der Waals surface area contributed by atoms with Crippen molar-refractivity contribution in [3.8, 4) is 0 Å². The zero-order valence-corrected chi connectivity index (χ0v) is 14.4. The second-order valence-electron chi connectivity index (χ2n) is 6.14. The van der Waals surface area contributed by atoms with Crippen molar-refractivity contribution >= 4 is 23.2 Å². The summed E-state index contributed by atoms with van der Waals surface area (Å²) in [6.45, 7) is 2.53. The molecule has 1 atom stereocenters. The highest BCUT2D eigenvalue weighted by molar-refractivity contribution is 7.09. The molecular weight excluding hydrogens is 324 g/mol. The largest absolute Gasteiger partial charge is 0.480 e. The van der Waals surface area contributed by atoms with Crippen molar-refractivity contribution in [1.29, 1.82) is 0 Å². The molecule has 1 fully saturated rings.